The van der Waals surface area contributed by atoms with E-state index in [0.717, 1.165) is 58.8 Å². The third-order valence-corrected chi connectivity index (χ3v) is 6.01. The van der Waals surface area contributed by atoms with E-state index < -0.39 is 0 Å². The van der Waals surface area contributed by atoms with Crippen molar-refractivity contribution in [2.24, 2.45) is 5.41 Å². The van der Waals surface area contributed by atoms with E-state index in [1.54, 1.807) is 16.2 Å². The molecule has 0 aromatic carbocycles. The number of carbonyl (C=O) groups excluding carboxylic acids is 1. The van der Waals surface area contributed by atoms with Crippen LogP contribution in [0.5, 0.6) is 0 Å². The lowest BCUT2D eigenvalue weighted by molar-refractivity contribution is -0.130. The first-order valence-corrected chi connectivity index (χ1v) is 9.74. The Kier molecular flexibility index (Phi) is 5.92. The number of piperidine rings is 1. The van der Waals surface area contributed by atoms with Crippen LogP contribution < -0.4 is 0 Å². The third-order valence-electron chi connectivity index (χ3n) is 5.28. The maximum absolute atomic E-state index is 12.1. The standard InChI is InChI=1S/C18H29N3O2S/c1-19(2)17(22)12-21-8-9-23-15-18(14-21)4-6-20(7-5-18)11-16-3-10-24-13-16/h3,10,13H,4-9,11-12,14-15H2,1-2H3. The molecule has 3 rings (SSSR count). The molecule has 0 N–H and O–H groups in total. The van der Waals surface area contributed by atoms with Crippen LogP contribution in [0, 0.1) is 5.41 Å². The Balaban J connectivity index is 1.55. The summed E-state index contributed by atoms with van der Waals surface area (Å²) in [6.07, 6.45) is 2.31. The normalized spacial score (nSPS) is 22.4. The van der Waals surface area contributed by atoms with E-state index in [-0.39, 0.29) is 11.3 Å². The fraction of sp³-hybridized carbons (Fsp3) is 0.722. The average molecular weight is 352 g/mol. The quantitative estimate of drug-likeness (QED) is 0.828. The van der Waals surface area contributed by atoms with Crippen molar-refractivity contribution < 1.29 is 9.53 Å². The molecule has 6 heteroatoms. The Morgan fingerprint density at radius 2 is 2.08 bits per heavy atom. The third kappa shape index (κ3) is 4.57. The number of likely N-dealkylation sites (N-methyl/N-ethyl adjacent to an activating group) is 1. The largest absolute Gasteiger partial charge is 0.379 e. The SMILES string of the molecule is CN(C)C(=O)CN1CCOCC2(CCN(Cc3ccsc3)CC2)C1. The van der Waals surface area contributed by atoms with Crippen LogP contribution in [0.3, 0.4) is 0 Å². The number of likely N-dealkylation sites (tertiary alicyclic amines) is 1. The first-order chi connectivity index (χ1) is 11.6. The molecular formula is C18H29N3O2S. The topological polar surface area (TPSA) is 36.0 Å². The molecule has 5 nitrogen and oxygen atoms in total. The highest BCUT2D eigenvalue weighted by atomic mass is 32.1. The second-order valence-electron chi connectivity index (χ2n) is 7.46. The minimum absolute atomic E-state index is 0.182. The van der Waals surface area contributed by atoms with Crippen molar-refractivity contribution in [3.63, 3.8) is 0 Å². The van der Waals surface area contributed by atoms with Gasteiger partial charge in [-0.25, -0.2) is 0 Å². The fourth-order valence-electron chi connectivity index (χ4n) is 3.68. The van der Waals surface area contributed by atoms with Gasteiger partial charge in [-0.1, -0.05) is 0 Å². The van der Waals surface area contributed by atoms with Gasteiger partial charge in [-0.2, -0.15) is 11.3 Å². The van der Waals surface area contributed by atoms with Gasteiger partial charge in [0.15, 0.2) is 0 Å². The van der Waals surface area contributed by atoms with Gasteiger partial charge < -0.3 is 9.64 Å². The van der Waals surface area contributed by atoms with Gasteiger partial charge in [0.2, 0.25) is 5.91 Å². The molecule has 0 atom stereocenters. The Labute approximate surface area is 149 Å². The van der Waals surface area contributed by atoms with Crippen molar-refractivity contribution in [2.45, 2.75) is 19.4 Å². The van der Waals surface area contributed by atoms with Crippen LogP contribution in [0.4, 0.5) is 0 Å². The molecule has 24 heavy (non-hydrogen) atoms. The van der Waals surface area contributed by atoms with Crippen LogP contribution in [0.2, 0.25) is 0 Å². The first-order valence-electron chi connectivity index (χ1n) is 8.80. The molecule has 1 aromatic rings. The second kappa shape index (κ2) is 7.95. The summed E-state index contributed by atoms with van der Waals surface area (Å²) in [5.41, 5.74) is 1.64. The lowest BCUT2D eigenvalue weighted by Crippen LogP contribution is -2.48. The van der Waals surface area contributed by atoms with Crippen LogP contribution in [-0.4, -0.2) is 80.6 Å². The molecule has 0 radical (unpaired) electrons. The van der Waals surface area contributed by atoms with Gasteiger partial charge in [0.25, 0.3) is 0 Å². The minimum atomic E-state index is 0.182. The molecule has 1 spiro atoms. The molecule has 0 aliphatic carbocycles. The molecule has 0 bridgehead atoms. The van der Waals surface area contributed by atoms with Crippen molar-refractivity contribution in [1.29, 1.82) is 0 Å². The molecule has 2 fully saturated rings. The second-order valence-corrected chi connectivity index (χ2v) is 8.24. The highest BCUT2D eigenvalue weighted by Crippen LogP contribution is 2.34. The van der Waals surface area contributed by atoms with E-state index in [0.29, 0.717) is 6.54 Å². The average Bonchev–Trinajstić information content (AvgIpc) is 2.99. The summed E-state index contributed by atoms with van der Waals surface area (Å²) in [5, 5.41) is 4.40. The van der Waals surface area contributed by atoms with Crippen LogP contribution in [0.25, 0.3) is 0 Å². The van der Waals surface area contributed by atoms with Crippen molar-refractivity contribution in [3.8, 4) is 0 Å². The van der Waals surface area contributed by atoms with Gasteiger partial charge >= 0.3 is 0 Å². The summed E-state index contributed by atoms with van der Waals surface area (Å²) in [6, 6.07) is 2.22. The number of hydrogen-bond donors (Lipinski definition) is 0. The Morgan fingerprint density at radius 3 is 2.75 bits per heavy atom. The molecule has 0 saturated carbocycles. The van der Waals surface area contributed by atoms with E-state index in [9.17, 15) is 4.79 Å². The van der Waals surface area contributed by atoms with Gasteiger partial charge in [-0.05, 0) is 48.3 Å². The Hall–Kier alpha value is -0.950. The summed E-state index contributed by atoms with van der Waals surface area (Å²) in [4.78, 5) is 18.6. The zero-order valence-corrected chi connectivity index (χ0v) is 15.7. The maximum atomic E-state index is 12.1. The predicted molar refractivity (Wildman–Crippen MR) is 97.2 cm³/mol. The number of hydrogen-bond acceptors (Lipinski definition) is 5. The van der Waals surface area contributed by atoms with Crippen LogP contribution in [0.15, 0.2) is 16.8 Å². The molecule has 2 saturated heterocycles. The number of ether oxygens (including phenoxy) is 1. The Morgan fingerprint density at radius 1 is 1.29 bits per heavy atom. The van der Waals surface area contributed by atoms with E-state index in [1.165, 1.54) is 5.56 Å². The number of amides is 1. The lowest BCUT2D eigenvalue weighted by Gasteiger charge is -2.42. The zero-order chi connectivity index (χ0) is 17.0. The zero-order valence-electron chi connectivity index (χ0n) is 14.9. The van der Waals surface area contributed by atoms with Gasteiger partial charge in [0.1, 0.15) is 0 Å². The van der Waals surface area contributed by atoms with Gasteiger partial charge in [0, 0.05) is 39.1 Å². The summed E-state index contributed by atoms with van der Waals surface area (Å²) in [5.74, 6) is 0.182. The lowest BCUT2D eigenvalue weighted by atomic mass is 9.78. The van der Waals surface area contributed by atoms with Gasteiger partial charge in [0.05, 0.1) is 19.8 Å². The van der Waals surface area contributed by atoms with E-state index in [2.05, 4.69) is 26.6 Å². The highest BCUT2D eigenvalue weighted by Gasteiger charge is 2.38. The molecule has 2 aliphatic rings. The first kappa shape index (κ1) is 17.9. The predicted octanol–water partition coefficient (Wildman–Crippen LogP) is 1.75. The minimum Gasteiger partial charge on any atom is -0.379 e. The maximum Gasteiger partial charge on any atom is 0.236 e. The van der Waals surface area contributed by atoms with E-state index >= 15 is 0 Å². The molecule has 134 valence electrons. The smallest absolute Gasteiger partial charge is 0.236 e. The van der Waals surface area contributed by atoms with Gasteiger partial charge in [-0.3, -0.25) is 14.6 Å². The summed E-state index contributed by atoms with van der Waals surface area (Å²) in [7, 11) is 3.66. The number of nitrogens with zero attached hydrogens (tertiary/aromatic N) is 3. The summed E-state index contributed by atoms with van der Waals surface area (Å²) < 4.78 is 5.92. The summed E-state index contributed by atoms with van der Waals surface area (Å²) in [6.45, 7) is 7.23. The van der Waals surface area contributed by atoms with Crippen molar-refractivity contribution in [2.75, 3.05) is 60.0 Å². The molecule has 1 amide bonds. The molecular weight excluding hydrogens is 322 g/mol. The highest BCUT2D eigenvalue weighted by molar-refractivity contribution is 7.07. The van der Waals surface area contributed by atoms with E-state index in [4.69, 9.17) is 4.74 Å². The fourth-order valence-corrected chi connectivity index (χ4v) is 4.34. The van der Waals surface area contributed by atoms with Crippen LogP contribution in [0.1, 0.15) is 18.4 Å². The molecule has 2 aliphatic heterocycles. The number of rotatable bonds is 4. The van der Waals surface area contributed by atoms with Gasteiger partial charge in [-0.15, -0.1) is 0 Å². The Bertz CT molecular complexity index is 524. The van der Waals surface area contributed by atoms with Crippen LogP contribution >= 0.6 is 11.3 Å². The van der Waals surface area contributed by atoms with Crippen molar-refractivity contribution in [1.82, 2.24) is 14.7 Å². The van der Waals surface area contributed by atoms with Crippen LogP contribution in [-0.2, 0) is 16.1 Å². The van der Waals surface area contributed by atoms with E-state index in [1.807, 2.05) is 14.1 Å². The number of thiophene rings is 1. The summed E-state index contributed by atoms with van der Waals surface area (Å²) >= 11 is 1.77. The van der Waals surface area contributed by atoms with Crippen molar-refractivity contribution in [3.05, 3.63) is 22.4 Å². The number of carbonyl (C=O) groups is 1. The monoisotopic (exact) mass is 351 g/mol. The molecule has 3 heterocycles. The molecule has 0 unspecified atom stereocenters. The molecule has 1 aromatic heterocycles. The van der Waals surface area contributed by atoms with Crippen molar-refractivity contribution >= 4 is 17.2 Å².